The lowest BCUT2D eigenvalue weighted by atomic mass is 10.0. The molecule has 1 aliphatic rings. The number of nitrogens with zero attached hydrogens (tertiary/aromatic N) is 3. The Hall–Kier alpha value is -3.58. The molecule has 0 radical (unpaired) electrons. The molecular weight excluding hydrogens is 580 g/mol. The Labute approximate surface area is 262 Å². The number of benzene rings is 1. The van der Waals surface area contributed by atoms with Crippen LogP contribution in [0.3, 0.4) is 0 Å². The lowest BCUT2D eigenvalue weighted by molar-refractivity contribution is -0.129. The van der Waals surface area contributed by atoms with E-state index >= 15 is 0 Å². The molecule has 0 saturated carbocycles. The third-order valence-electron chi connectivity index (χ3n) is 7.07. The SMILES string of the molecule is COC(=O)Nc1ccc2c(c1)N[C@@H](C(=O)N(C)C)CCCC[C@H](NC(=O)OC(C)(C)C)c1nc-2cn1COCC[Si](C)(C)C. The molecule has 0 unspecified atom stereocenters. The first-order chi connectivity index (χ1) is 20.6. The molecule has 1 aromatic heterocycles. The fraction of sp³-hybridized carbons (Fsp3) is 0.613. The zero-order chi connectivity index (χ0) is 32.7. The van der Waals surface area contributed by atoms with Gasteiger partial charge in [0.2, 0.25) is 5.91 Å². The number of carbonyl (C=O) groups is 3. The number of rotatable bonds is 8. The van der Waals surface area contributed by atoms with Crippen LogP contribution in [-0.2, 0) is 25.7 Å². The van der Waals surface area contributed by atoms with E-state index in [0.29, 0.717) is 42.3 Å². The number of likely N-dealkylation sites (N-methyl/N-ethyl adjacent to an activating group) is 1. The largest absolute Gasteiger partial charge is 0.453 e. The van der Waals surface area contributed by atoms with E-state index in [0.717, 1.165) is 24.4 Å². The van der Waals surface area contributed by atoms with Crippen LogP contribution < -0.4 is 16.0 Å². The van der Waals surface area contributed by atoms with Gasteiger partial charge >= 0.3 is 12.2 Å². The minimum atomic E-state index is -1.29. The van der Waals surface area contributed by atoms with Gasteiger partial charge in [0.05, 0.1) is 18.8 Å². The molecule has 3 amide bonds. The summed E-state index contributed by atoms with van der Waals surface area (Å²) < 4.78 is 18.4. The quantitative estimate of drug-likeness (QED) is 0.237. The van der Waals surface area contributed by atoms with Gasteiger partial charge in [-0.15, -0.1) is 0 Å². The van der Waals surface area contributed by atoms with Crippen LogP contribution in [0.2, 0.25) is 25.7 Å². The van der Waals surface area contributed by atoms with Crippen molar-refractivity contribution in [3.63, 3.8) is 0 Å². The third kappa shape index (κ3) is 10.5. The number of nitrogens with one attached hydrogen (secondary N) is 3. The lowest BCUT2D eigenvalue weighted by Crippen LogP contribution is -2.39. The van der Waals surface area contributed by atoms with E-state index in [1.54, 1.807) is 31.1 Å². The molecule has 0 aliphatic carbocycles. The summed E-state index contributed by atoms with van der Waals surface area (Å²) in [6, 6.07) is 5.43. The fourth-order valence-corrected chi connectivity index (χ4v) is 5.54. The molecule has 44 heavy (non-hydrogen) atoms. The molecule has 3 N–H and O–H groups in total. The molecular formula is C31H50N6O6Si. The number of aromatic nitrogens is 2. The standard InChI is InChI=1S/C31H50N6O6Si/c1-31(2,3)43-30(40)35-23-12-10-11-13-24(28(38)36(4)5)33-25-18-21(32-29(39)41-6)14-15-22(25)26-19-37(27(23)34-26)20-42-16-17-44(7,8)9/h14-15,18-19,23-24,33H,10-13,16-17,20H2,1-9H3,(H,32,39)(H,35,40)/t23-,24+/m0/s1. The Morgan fingerprint density at radius 2 is 1.82 bits per heavy atom. The van der Waals surface area contributed by atoms with Crippen molar-refractivity contribution in [2.24, 2.45) is 0 Å². The van der Waals surface area contributed by atoms with Crippen LogP contribution in [0.25, 0.3) is 11.3 Å². The van der Waals surface area contributed by atoms with Crippen LogP contribution in [0, 0.1) is 0 Å². The molecule has 0 fully saturated rings. The molecule has 0 saturated heterocycles. The van der Waals surface area contributed by atoms with Gasteiger partial charge in [-0.3, -0.25) is 10.1 Å². The van der Waals surface area contributed by atoms with Crippen molar-refractivity contribution >= 4 is 37.5 Å². The number of alkyl carbamates (subject to hydrolysis) is 1. The first kappa shape index (κ1) is 34.9. The van der Waals surface area contributed by atoms with Gasteiger partial charge in [-0.1, -0.05) is 32.5 Å². The second kappa shape index (κ2) is 14.9. The summed E-state index contributed by atoms with van der Waals surface area (Å²) in [5, 5.41) is 9.18. The highest BCUT2D eigenvalue weighted by molar-refractivity contribution is 6.76. The predicted octanol–water partition coefficient (Wildman–Crippen LogP) is 6.05. The number of anilines is 2. The number of amides is 3. The maximum Gasteiger partial charge on any atom is 0.411 e. The second-order valence-electron chi connectivity index (χ2n) is 13.6. The number of fused-ring (bicyclic) bond motifs is 4. The monoisotopic (exact) mass is 630 g/mol. The molecule has 2 heterocycles. The molecule has 1 aliphatic heterocycles. The van der Waals surface area contributed by atoms with Crippen molar-refractivity contribution in [2.45, 2.75) is 96.6 Å². The minimum Gasteiger partial charge on any atom is -0.453 e. The van der Waals surface area contributed by atoms with E-state index in [-0.39, 0.29) is 12.6 Å². The number of imidazole rings is 1. The fourth-order valence-electron chi connectivity index (χ4n) is 4.79. The molecule has 12 nitrogen and oxygen atoms in total. The van der Waals surface area contributed by atoms with Crippen molar-refractivity contribution in [1.29, 1.82) is 0 Å². The van der Waals surface area contributed by atoms with Crippen LogP contribution >= 0.6 is 0 Å². The van der Waals surface area contributed by atoms with Gasteiger partial charge in [0, 0.05) is 51.9 Å². The molecule has 244 valence electrons. The number of carbonyl (C=O) groups excluding carboxylic acids is 3. The van der Waals surface area contributed by atoms with Crippen LogP contribution in [0.5, 0.6) is 0 Å². The van der Waals surface area contributed by atoms with Gasteiger partial charge in [0.15, 0.2) is 0 Å². The maximum absolute atomic E-state index is 13.2. The van der Waals surface area contributed by atoms with Crippen molar-refractivity contribution in [3.05, 3.63) is 30.2 Å². The summed E-state index contributed by atoms with van der Waals surface area (Å²) in [5.41, 5.74) is 1.84. The highest BCUT2D eigenvalue weighted by atomic mass is 28.3. The molecule has 2 bridgehead atoms. The Morgan fingerprint density at radius 3 is 2.45 bits per heavy atom. The van der Waals surface area contributed by atoms with E-state index < -0.39 is 37.9 Å². The average molecular weight is 631 g/mol. The van der Waals surface area contributed by atoms with Gasteiger partial charge in [-0.2, -0.15) is 0 Å². The smallest absolute Gasteiger partial charge is 0.411 e. The Bertz CT molecular complexity index is 1300. The first-order valence-electron chi connectivity index (χ1n) is 15.2. The average Bonchev–Trinajstić information content (AvgIpc) is 3.33. The van der Waals surface area contributed by atoms with Crippen LogP contribution in [0.4, 0.5) is 21.0 Å². The van der Waals surface area contributed by atoms with Crippen molar-refractivity contribution in [3.8, 4) is 11.3 Å². The van der Waals surface area contributed by atoms with Gasteiger partial charge in [0.1, 0.15) is 24.2 Å². The zero-order valence-electron chi connectivity index (χ0n) is 27.7. The van der Waals surface area contributed by atoms with E-state index in [1.807, 2.05) is 37.6 Å². The highest BCUT2D eigenvalue weighted by Crippen LogP contribution is 2.34. The molecule has 2 atom stereocenters. The van der Waals surface area contributed by atoms with E-state index in [2.05, 4.69) is 35.6 Å². The van der Waals surface area contributed by atoms with Crippen LogP contribution in [0.1, 0.15) is 58.3 Å². The number of methoxy groups -OCH3 is 1. The number of hydrogen-bond donors (Lipinski definition) is 3. The first-order valence-corrected chi connectivity index (χ1v) is 18.9. The number of hydrogen-bond acceptors (Lipinski definition) is 8. The molecule has 13 heteroatoms. The molecule has 2 aromatic rings. The van der Waals surface area contributed by atoms with E-state index in [1.165, 1.54) is 7.11 Å². The van der Waals surface area contributed by atoms with Gasteiger partial charge in [-0.05, 0) is 57.9 Å². The summed E-state index contributed by atoms with van der Waals surface area (Å²) in [4.78, 5) is 44.8. The molecule has 0 spiro atoms. The summed E-state index contributed by atoms with van der Waals surface area (Å²) in [6.45, 7) is 13.3. The zero-order valence-corrected chi connectivity index (χ0v) is 28.7. The summed E-state index contributed by atoms with van der Waals surface area (Å²) in [7, 11) is 3.47. The molecule has 3 rings (SSSR count). The third-order valence-corrected chi connectivity index (χ3v) is 8.77. The van der Waals surface area contributed by atoms with E-state index in [9.17, 15) is 14.4 Å². The highest BCUT2D eigenvalue weighted by Gasteiger charge is 2.28. The normalized spacial score (nSPS) is 17.2. The van der Waals surface area contributed by atoms with E-state index in [4.69, 9.17) is 19.2 Å². The van der Waals surface area contributed by atoms with Crippen molar-refractivity contribution in [1.82, 2.24) is 19.8 Å². The Morgan fingerprint density at radius 1 is 1.11 bits per heavy atom. The van der Waals surface area contributed by atoms with Gasteiger partial charge in [-0.25, -0.2) is 14.6 Å². The van der Waals surface area contributed by atoms with Gasteiger partial charge in [0.25, 0.3) is 0 Å². The summed E-state index contributed by atoms with van der Waals surface area (Å²) in [6.07, 6.45) is 3.40. The van der Waals surface area contributed by atoms with Crippen LogP contribution in [0.15, 0.2) is 24.4 Å². The van der Waals surface area contributed by atoms with Gasteiger partial charge < -0.3 is 34.3 Å². The van der Waals surface area contributed by atoms with Crippen molar-refractivity contribution < 1.29 is 28.6 Å². The summed E-state index contributed by atoms with van der Waals surface area (Å²) >= 11 is 0. The summed E-state index contributed by atoms with van der Waals surface area (Å²) in [5.74, 6) is 0.591. The topological polar surface area (TPSA) is 136 Å². The predicted molar refractivity (Wildman–Crippen MR) is 174 cm³/mol. The molecule has 1 aromatic carbocycles. The Kier molecular flexibility index (Phi) is 11.8. The maximum atomic E-state index is 13.2. The van der Waals surface area contributed by atoms with Crippen molar-refractivity contribution in [2.75, 3.05) is 38.4 Å². The second-order valence-corrected chi connectivity index (χ2v) is 19.2. The number of ether oxygens (including phenoxy) is 3. The lowest BCUT2D eigenvalue weighted by Gasteiger charge is -2.26. The minimum absolute atomic E-state index is 0.0650. The Balaban J connectivity index is 2.10. The van der Waals surface area contributed by atoms with Crippen LogP contribution in [-0.4, -0.2) is 80.1 Å².